The largest absolute Gasteiger partial charge is 0.416 e. The van der Waals surface area contributed by atoms with Crippen LogP contribution in [0.2, 0.25) is 0 Å². The van der Waals surface area contributed by atoms with Gasteiger partial charge in [-0.15, -0.1) is 10.2 Å². The number of amides is 1. The van der Waals surface area contributed by atoms with Crippen molar-refractivity contribution in [2.75, 3.05) is 7.05 Å². The van der Waals surface area contributed by atoms with Crippen LogP contribution in [0.5, 0.6) is 0 Å². The molecule has 0 radical (unpaired) electrons. The second-order valence-electron chi connectivity index (χ2n) is 6.50. The molecule has 0 aliphatic carbocycles. The summed E-state index contributed by atoms with van der Waals surface area (Å²) in [6.07, 6.45) is 0. The third-order valence-corrected chi connectivity index (χ3v) is 4.43. The fourth-order valence-electron chi connectivity index (χ4n) is 2.94. The molecule has 0 atom stereocenters. The monoisotopic (exact) mass is 369 g/mol. The molecule has 0 aliphatic rings. The Labute approximate surface area is 163 Å². The van der Waals surface area contributed by atoms with Gasteiger partial charge >= 0.3 is 0 Å². The van der Waals surface area contributed by atoms with E-state index in [1.54, 1.807) is 24.1 Å². The lowest BCUT2D eigenvalue weighted by atomic mass is 10.1. The summed E-state index contributed by atoms with van der Waals surface area (Å²) < 4.78 is 5.76. The lowest BCUT2D eigenvalue weighted by Crippen LogP contribution is -2.26. The number of nitrogens with zero attached hydrogens (tertiary/aromatic N) is 3. The quantitative estimate of drug-likeness (QED) is 0.513. The minimum absolute atomic E-state index is 0.0362. The molecule has 0 unspecified atom stereocenters. The van der Waals surface area contributed by atoms with Gasteiger partial charge in [-0.2, -0.15) is 0 Å². The number of hydrogen-bond donors (Lipinski definition) is 0. The second kappa shape index (κ2) is 7.88. The minimum atomic E-state index is -0.0362. The molecule has 4 rings (SSSR count). The Balaban J connectivity index is 1.48. The van der Waals surface area contributed by atoms with E-state index in [1.165, 1.54) is 0 Å². The highest BCUT2D eigenvalue weighted by atomic mass is 16.4. The van der Waals surface area contributed by atoms with Crippen LogP contribution < -0.4 is 0 Å². The molecule has 5 nitrogen and oxygen atoms in total. The van der Waals surface area contributed by atoms with Crippen molar-refractivity contribution in [3.8, 4) is 22.9 Å². The number of carbonyl (C=O) groups excluding carboxylic acids is 1. The van der Waals surface area contributed by atoms with Gasteiger partial charge in [-0.25, -0.2) is 0 Å². The van der Waals surface area contributed by atoms with Crippen LogP contribution in [-0.2, 0) is 6.54 Å². The number of carbonyl (C=O) groups is 1. The lowest BCUT2D eigenvalue weighted by Gasteiger charge is -2.17. The van der Waals surface area contributed by atoms with Gasteiger partial charge in [-0.3, -0.25) is 4.79 Å². The highest BCUT2D eigenvalue weighted by Crippen LogP contribution is 2.24. The number of benzene rings is 3. The molecule has 0 saturated heterocycles. The maximum atomic E-state index is 12.7. The molecule has 1 aromatic heterocycles. The Kier molecular flexibility index (Phi) is 4.97. The number of hydrogen-bond acceptors (Lipinski definition) is 4. The molecule has 28 heavy (non-hydrogen) atoms. The first kappa shape index (κ1) is 17.7. The summed E-state index contributed by atoms with van der Waals surface area (Å²) in [5.41, 5.74) is 3.35. The van der Waals surface area contributed by atoms with Crippen LogP contribution in [0.25, 0.3) is 22.9 Å². The summed E-state index contributed by atoms with van der Waals surface area (Å²) in [7, 11) is 1.80. The van der Waals surface area contributed by atoms with Gasteiger partial charge in [0.2, 0.25) is 11.8 Å². The topological polar surface area (TPSA) is 59.2 Å². The highest BCUT2D eigenvalue weighted by molar-refractivity contribution is 5.94. The maximum Gasteiger partial charge on any atom is 0.253 e. The number of aromatic nitrogens is 2. The van der Waals surface area contributed by atoms with E-state index in [-0.39, 0.29) is 5.91 Å². The summed E-state index contributed by atoms with van der Waals surface area (Å²) in [5.74, 6) is 0.861. The zero-order chi connectivity index (χ0) is 19.3. The van der Waals surface area contributed by atoms with Crippen LogP contribution in [0.4, 0.5) is 0 Å². The van der Waals surface area contributed by atoms with E-state index in [9.17, 15) is 4.79 Å². The third kappa shape index (κ3) is 3.83. The molecule has 1 heterocycles. The van der Waals surface area contributed by atoms with Gasteiger partial charge in [0.25, 0.3) is 5.91 Å². The van der Waals surface area contributed by atoms with E-state index in [2.05, 4.69) is 10.2 Å². The van der Waals surface area contributed by atoms with E-state index in [0.29, 0.717) is 23.9 Å². The molecular formula is C23H19N3O2. The molecule has 0 N–H and O–H groups in total. The lowest BCUT2D eigenvalue weighted by molar-refractivity contribution is 0.0785. The van der Waals surface area contributed by atoms with Gasteiger partial charge in [0.1, 0.15) is 0 Å². The van der Waals surface area contributed by atoms with Crippen molar-refractivity contribution in [3.63, 3.8) is 0 Å². The van der Waals surface area contributed by atoms with Gasteiger partial charge in [0, 0.05) is 30.3 Å². The molecular weight excluding hydrogens is 350 g/mol. The van der Waals surface area contributed by atoms with Crippen molar-refractivity contribution in [1.82, 2.24) is 15.1 Å². The third-order valence-electron chi connectivity index (χ3n) is 4.43. The van der Waals surface area contributed by atoms with Crippen LogP contribution in [0.3, 0.4) is 0 Å². The SMILES string of the molecule is CN(Cc1ccccc1)C(=O)c1ccc(-c2nnc(-c3ccccc3)o2)cc1. The second-order valence-corrected chi connectivity index (χ2v) is 6.50. The first-order chi connectivity index (χ1) is 13.7. The summed E-state index contributed by atoms with van der Waals surface area (Å²) in [6, 6.07) is 26.7. The maximum absolute atomic E-state index is 12.7. The van der Waals surface area contributed by atoms with E-state index < -0.39 is 0 Å². The first-order valence-corrected chi connectivity index (χ1v) is 8.99. The zero-order valence-electron chi connectivity index (χ0n) is 15.4. The van der Waals surface area contributed by atoms with Crippen molar-refractivity contribution in [2.45, 2.75) is 6.54 Å². The predicted octanol–water partition coefficient (Wildman–Crippen LogP) is 4.68. The molecule has 4 aromatic rings. The average molecular weight is 369 g/mol. The Bertz CT molecular complexity index is 1060. The molecule has 138 valence electrons. The minimum Gasteiger partial charge on any atom is -0.416 e. The van der Waals surface area contributed by atoms with Crippen molar-refractivity contribution >= 4 is 5.91 Å². The Morgan fingerprint density at radius 2 is 1.32 bits per heavy atom. The van der Waals surface area contributed by atoms with E-state index in [1.807, 2.05) is 72.8 Å². The zero-order valence-corrected chi connectivity index (χ0v) is 15.4. The van der Waals surface area contributed by atoms with Gasteiger partial charge < -0.3 is 9.32 Å². The van der Waals surface area contributed by atoms with E-state index >= 15 is 0 Å². The van der Waals surface area contributed by atoms with Crippen LogP contribution in [-0.4, -0.2) is 28.1 Å². The van der Waals surface area contributed by atoms with E-state index in [4.69, 9.17) is 4.42 Å². The molecule has 0 spiro atoms. The standard InChI is InChI=1S/C23H19N3O2/c1-26(16-17-8-4-2-5-9-17)23(27)20-14-12-19(13-15-20)22-25-24-21(28-22)18-10-6-3-7-11-18/h2-15H,16H2,1H3. The molecule has 0 saturated carbocycles. The summed E-state index contributed by atoms with van der Waals surface area (Å²) in [6.45, 7) is 0.561. The fraction of sp³-hybridized carbons (Fsp3) is 0.0870. The Hall–Kier alpha value is -3.73. The molecule has 3 aromatic carbocycles. The molecule has 5 heteroatoms. The molecule has 1 amide bonds. The summed E-state index contributed by atoms with van der Waals surface area (Å²) >= 11 is 0. The Morgan fingerprint density at radius 1 is 0.786 bits per heavy atom. The smallest absolute Gasteiger partial charge is 0.253 e. The molecule has 0 fully saturated rings. The summed E-state index contributed by atoms with van der Waals surface area (Å²) in [5, 5.41) is 8.22. The Morgan fingerprint density at radius 3 is 1.93 bits per heavy atom. The van der Waals surface area contributed by atoms with Crippen LogP contribution >= 0.6 is 0 Å². The van der Waals surface area contributed by atoms with Crippen molar-refractivity contribution in [2.24, 2.45) is 0 Å². The van der Waals surface area contributed by atoms with E-state index in [0.717, 1.165) is 16.7 Å². The predicted molar refractivity (Wildman–Crippen MR) is 107 cm³/mol. The van der Waals surface area contributed by atoms with Crippen molar-refractivity contribution in [1.29, 1.82) is 0 Å². The number of rotatable bonds is 5. The van der Waals surface area contributed by atoms with Crippen molar-refractivity contribution < 1.29 is 9.21 Å². The molecule has 0 bridgehead atoms. The van der Waals surface area contributed by atoms with Gasteiger partial charge in [0.05, 0.1) is 0 Å². The summed E-state index contributed by atoms with van der Waals surface area (Å²) in [4.78, 5) is 14.4. The first-order valence-electron chi connectivity index (χ1n) is 8.99. The van der Waals surface area contributed by atoms with Gasteiger partial charge in [-0.05, 0) is 42.0 Å². The van der Waals surface area contributed by atoms with Gasteiger partial charge in [0.15, 0.2) is 0 Å². The van der Waals surface area contributed by atoms with Crippen LogP contribution in [0.1, 0.15) is 15.9 Å². The normalized spacial score (nSPS) is 10.6. The van der Waals surface area contributed by atoms with Crippen LogP contribution in [0.15, 0.2) is 89.3 Å². The van der Waals surface area contributed by atoms with Gasteiger partial charge in [-0.1, -0.05) is 48.5 Å². The average Bonchev–Trinajstić information content (AvgIpc) is 3.25. The highest BCUT2D eigenvalue weighted by Gasteiger charge is 2.14. The van der Waals surface area contributed by atoms with Crippen LogP contribution in [0, 0.1) is 0 Å². The van der Waals surface area contributed by atoms with Crippen molar-refractivity contribution in [3.05, 3.63) is 96.1 Å². The molecule has 0 aliphatic heterocycles. The fourth-order valence-corrected chi connectivity index (χ4v) is 2.94.